The Balaban J connectivity index is 1.38. The number of aromatic nitrogens is 3. The van der Waals surface area contributed by atoms with Gasteiger partial charge in [-0.05, 0) is 37.1 Å². The van der Waals surface area contributed by atoms with Crippen molar-refractivity contribution in [1.29, 1.82) is 0 Å². The van der Waals surface area contributed by atoms with E-state index in [4.69, 9.17) is 4.98 Å². The average Bonchev–Trinajstić information content (AvgIpc) is 3.04. The van der Waals surface area contributed by atoms with Crippen LogP contribution in [0.25, 0.3) is 10.2 Å². The third kappa shape index (κ3) is 3.33. The van der Waals surface area contributed by atoms with Gasteiger partial charge >= 0.3 is 0 Å². The molecular weight excluding hydrogens is 306 g/mol. The highest BCUT2D eigenvalue weighted by Crippen LogP contribution is 2.22. The lowest BCUT2D eigenvalue weighted by atomic mass is 10.1. The Morgan fingerprint density at radius 2 is 2.17 bits per heavy atom. The molecule has 0 amide bonds. The molecule has 1 atom stereocenters. The van der Waals surface area contributed by atoms with E-state index >= 15 is 0 Å². The van der Waals surface area contributed by atoms with Crippen molar-refractivity contribution in [3.05, 3.63) is 47.6 Å². The van der Waals surface area contributed by atoms with Gasteiger partial charge in [0.1, 0.15) is 5.01 Å². The summed E-state index contributed by atoms with van der Waals surface area (Å²) >= 11 is 1.77. The van der Waals surface area contributed by atoms with Crippen LogP contribution in [0.1, 0.15) is 17.8 Å². The quantitative estimate of drug-likeness (QED) is 0.799. The smallest absolute Gasteiger partial charge is 0.151 e. The molecule has 0 radical (unpaired) electrons. The Labute approximate surface area is 139 Å². The van der Waals surface area contributed by atoms with Crippen LogP contribution in [0, 0.1) is 0 Å². The minimum Gasteiger partial charge on any atom is -0.354 e. The van der Waals surface area contributed by atoms with Crippen molar-refractivity contribution in [1.82, 2.24) is 20.5 Å². The van der Waals surface area contributed by atoms with E-state index in [1.807, 2.05) is 18.2 Å². The van der Waals surface area contributed by atoms with Crippen molar-refractivity contribution in [2.75, 3.05) is 18.0 Å². The minimum atomic E-state index is 0.470. The van der Waals surface area contributed by atoms with Gasteiger partial charge in [-0.2, -0.15) is 5.10 Å². The van der Waals surface area contributed by atoms with Crippen LogP contribution >= 0.6 is 11.3 Å². The summed E-state index contributed by atoms with van der Waals surface area (Å²) in [5, 5.41) is 13.0. The van der Waals surface area contributed by atoms with Crippen LogP contribution in [0.15, 0.2) is 42.6 Å². The molecule has 0 saturated carbocycles. The lowest BCUT2D eigenvalue weighted by Crippen LogP contribution is -2.45. The molecule has 1 N–H and O–H groups in total. The molecule has 3 heterocycles. The van der Waals surface area contributed by atoms with Gasteiger partial charge in [0.15, 0.2) is 5.82 Å². The fraction of sp³-hybridized carbons (Fsp3) is 0.353. The zero-order valence-corrected chi connectivity index (χ0v) is 13.7. The summed E-state index contributed by atoms with van der Waals surface area (Å²) in [6.07, 6.45) is 4.09. The summed E-state index contributed by atoms with van der Waals surface area (Å²) < 4.78 is 1.26. The maximum Gasteiger partial charge on any atom is 0.151 e. The maximum absolute atomic E-state index is 4.69. The zero-order chi connectivity index (χ0) is 15.5. The molecule has 4 rings (SSSR count). The topological polar surface area (TPSA) is 53.9 Å². The molecule has 118 valence electrons. The highest BCUT2D eigenvalue weighted by atomic mass is 32.1. The second-order valence-corrected chi connectivity index (χ2v) is 6.94. The Morgan fingerprint density at radius 3 is 3.04 bits per heavy atom. The summed E-state index contributed by atoms with van der Waals surface area (Å²) in [7, 11) is 0. The highest BCUT2D eigenvalue weighted by molar-refractivity contribution is 7.18. The second-order valence-electron chi connectivity index (χ2n) is 5.82. The highest BCUT2D eigenvalue weighted by Gasteiger charge is 2.20. The molecule has 5 nitrogen and oxygen atoms in total. The SMILES string of the molecule is c1cnnc(N2CCC[C@@H](NCc3nc4ccccc4s3)C2)c1. The second kappa shape index (κ2) is 6.60. The fourth-order valence-electron chi connectivity index (χ4n) is 3.04. The standard InChI is InChI=1S/C17H19N5S/c1-2-7-15-14(6-1)20-17(23-15)11-18-13-5-4-10-22(12-13)16-8-3-9-19-21-16/h1-3,6-9,13,18H,4-5,10-12H2/t13-/m1/s1. The Kier molecular flexibility index (Phi) is 4.17. The normalized spacial score (nSPS) is 18.4. The van der Waals surface area contributed by atoms with Gasteiger partial charge in [-0.1, -0.05) is 12.1 Å². The van der Waals surface area contributed by atoms with Crippen LogP contribution in [0.4, 0.5) is 5.82 Å². The van der Waals surface area contributed by atoms with Gasteiger partial charge in [-0.15, -0.1) is 16.4 Å². The van der Waals surface area contributed by atoms with Gasteiger partial charge in [-0.3, -0.25) is 0 Å². The monoisotopic (exact) mass is 325 g/mol. The number of nitrogens with zero attached hydrogens (tertiary/aromatic N) is 4. The number of benzene rings is 1. The summed E-state index contributed by atoms with van der Waals surface area (Å²) in [5.41, 5.74) is 1.10. The first-order chi connectivity index (χ1) is 11.4. The molecule has 23 heavy (non-hydrogen) atoms. The van der Waals surface area contributed by atoms with Crippen LogP contribution in [-0.2, 0) is 6.54 Å². The number of rotatable bonds is 4. The zero-order valence-electron chi connectivity index (χ0n) is 12.9. The van der Waals surface area contributed by atoms with E-state index in [0.29, 0.717) is 6.04 Å². The number of para-hydroxylation sites is 1. The van der Waals surface area contributed by atoms with Crippen molar-refractivity contribution < 1.29 is 0 Å². The van der Waals surface area contributed by atoms with Crippen molar-refractivity contribution in [3.63, 3.8) is 0 Å². The van der Waals surface area contributed by atoms with Crippen LogP contribution in [0.5, 0.6) is 0 Å². The van der Waals surface area contributed by atoms with Gasteiger partial charge in [0.25, 0.3) is 0 Å². The molecule has 1 aromatic carbocycles. The summed E-state index contributed by atoms with van der Waals surface area (Å²) in [4.78, 5) is 7.01. The predicted octanol–water partition coefficient (Wildman–Crippen LogP) is 2.84. The first-order valence-electron chi connectivity index (χ1n) is 7.99. The average molecular weight is 325 g/mol. The fourth-order valence-corrected chi connectivity index (χ4v) is 3.96. The number of hydrogen-bond donors (Lipinski definition) is 1. The Hall–Kier alpha value is -2.05. The van der Waals surface area contributed by atoms with Gasteiger partial charge in [0, 0.05) is 31.9 Å². The number of nitrogens with one attached hydrogen (secondary N) is 1. The number of hydrogen-bond acceptors (Lipinski definition) is 6. The number of fused-ring (bicyclic) bond motifs is 1. The van der Waals surface area contributed by atoms with Gasteiger partial charge < -0.3 is 10.2 Å². The van der Waals surface area contributed by atoms with E-state index in [9.17, 15) is 0 Å². The van der Waals surface area contributed by atoms with Gasteiger partial charge in [0.2, 0.25) is 0 Å². The molecule has 0 aliphatic carbocycles. The summed E-state index contributed by atoms with van der Waals surface area (Å²) in [5.74, 6) is 0.971. The molecule has 1 aliphatic rings. The number of piperidine rings is 1. The molecular formula is C17H19N5S. The molecule has 1 aliphatic heterocycles. The first kappa shape index (κ1) is 14.5. The van der Waals surface area contributed by atoms with E-state index in [1.165, 1.54) is 17.5 Å². The van der Waals surface area contributed by atoms with Crippen LogP contribution in [-0.4, -0.2) is 34.3 Å². The number of anilines is 1. The van der Waals surface area contributed by atoms with Crippen molar-refractivity contribution in [2.45, 2.75) is 25.4 Å². The van der Waals surface area contributed by atoms with E-state index in [0.717, 1.165) is 36.0 Å². The summed E-state index contributed by atoms with van der Waals surface area (Å²) in [6.45, 7) is 2.86. The third-order valence-electron chi connectivity index (χ3n) is 4.18. The van der Waals surface area contributed by atoms with E-state index in [2.05, 4.69) is 38.6 Å². The minimum absolute atomic E-state index is 0.470. The maximum atomic E-state index is 4.69. The van der Waals surface area contributed by atoms with Crippen LogP contribution < -0.4 is 10.2 Å². The number of thiazole rings is 1. The van der Waals surface area contributed by atoms with Crippen LogP contribution in [0.2, 0.25) is 0 Å². The Bertz CT molecular complexity index is 740. The van der Waals surface area contributed by atoms with Crippen molar-refractivity contribution >= 4 is 27.4 Å². The van der Waals surface area contributed by atoms with E-state index < -0.39 is 0 Å². The van der Waals surface area contributed by atoms with Crippen LogP contribution in [0.3, 0.4) is 0 Å². The molecule has 0 bridgehead atoms. The molecule has 1 fully saturated rings. The Morgan fingerprint density at radius 1 is 1.22 bits per heavy atom. The van der Waals surface area contributed by atoms with Crippen molar-refractivity contribution in [3.8, 4) is 0 Å². The predicted molar refractivity (Wildman–Crippen MR) is 93.7 cm³/mol. The molecule has 2 aromatic heterocycles. The lowest BCUT2D eigenvalue weighted by molar-refractivity contribution is 0.419. The molecule has 0 unspecified atom stereocenters. The first-order valence-corrected chi connectivity index (χ1v) is 8.80. The third-order valence-corrected chi connectivity index (χ3v) is 5.22. The largest absolute Gasteiger partial charge is 0.354 e. The van der Waals surface area contributed by atoms with Gasteiger partial charge in [-0.25, -0.2) is 4.98 Å². The molecule has 3 aromatic rings. The molecule has 6 heteroatoms. The molecule has 0 spiro atoms. The van der Waals surface area contributed by atoms with Crippen molar-refractivity contribution in [2.24, 2.45) is 0 Å². The summed E-state index contributed by atoms with van der Waals surface area (Å²) in [6, 6.07) is 12.8. The lowest BCUT2D eigenvalue weighted by Gasteiger charge is -2.33. The van der Waals surface area contributed by atoms with E-state index in [1.54, 1.807) is 17.5 Å². The van der Waals surface area contributed by atoms with E-state index in [-0.39, 0.29) is 0 Å². The van der Waals surface area contributed by atoms with Gasteiger partial charge in [0.05, 0.1) is 10.2 Å². The molecule has 1 saturated heterocycles.